The third-order valence-electron chi connectivity index (χ3n) is 9.64. The number of hydrogen-bond acceptors (Lipinski definition) is 1. The molecule has 0 N–H and O–H groups in total. The predicted octanol–water partition coefficient (Wildman–Crippen LogP) is 3.36. The van der Waals surface area contributed by atoms with Crippen LogP contribution in [0.25, 0.3) is 0 Å². The maximum atomic E-state index is 13.5. The minimum absolute atomic E-state index is 0.367. The van der Waals surface area contributed by atoms with Gasteiger partial charge in [-0.15, -0.1) is 0 Å². The SMILES string of the molecule is O=S1C2(C3CC4CC2CC4C3)C12C1CC3CC2CC3C1. The second kappa shape index (κ2) is 2.84. The first kappa shape index (κ1) is 10.8. The van der Waals surface area contributed by atoms with Gasteiger partial charge in [0, 0.05) is 10.8 Å². The van der Waals surface area contributed by atoms with Crippen molar-refractivity contribution in [3.8, 4) is 0 Å². The molecular formula is C18H24OS. The van der Waals surface area contributed by atoms with Crippen molar-refractivity contribution in [2.75, 3.05) is 0 Å². The number of rotatable bonds is 0. The Balaban J connectivity index is 1.44. The van der Waals surface area contributed by atoms with Crippen molar-refractivity contribution in [2.24, 2.45) is 47.3 Å². The quantitative estimate of drug-likeness (QED) is 0.625. The van der Waals surface area contributed by atoms with Gasteiger partial charge in [0.2, 0.25) is 0 Å². The third kappa shape index (κ3) is 0.772. The monoisotopic (exact) mass is 288 g/mol. The lowest BCUT2D eigenvalue weighted by atomic mass is 9.56. The first-order valence-electron chi connectivity index (χ1n) is 9.18. The van der Waals surface area contributed by atoms with Crippen LogP contribution in [-0.4, -0.2) is 13.7 Å². The fourth-order valence-electron chi connectivity index (χ4n) is 9.55. The summed E-state index contributed by atoms with van der Waals surface area (Å²) in [4.78, 5) is 0. The van der Waals surface area contributed by atoms with E-state index in [4.69, 9.17) is 0 Å². The molecule has 1 heterocycles. The Morgan fingerprint density at radius 2 is 0.800 bits per heavy atom. The second-order valence-electron chi connectivity index (χ2n) is 9.57. The van der Waals surface area contributed by atoms with Crippen LogP contribution in [-0.2, 0) is 10.8 Å². The molecule has 9 rings (SSSR count). The average Bonchev–Trinajstić information content (AvgIpc) is 2.90. The Labute approximate surface area is 123 Å². The van der Waals surface area contributed by atoms with Crippen LogP contribution in [0.15, 0.2) is 0 Å². The van der Waals surface area contributed by atoms with Crippen molar-refractivity contribution in [2.45, 2.75) is 60.9 Å². The molecule has 0 amide bonds. The zero-order chi connectivity index (χ0) is 12.9. The molecule has 8 aliphatic carbocycles. The molecule has 0 aromatic rings. The van der Waals surface area contributed by atoms with Crippen LogP contribution in [0.3, 0.4) is 0 Å². The summed E-state index contributed by atoms with van der Waals surface area (Å²) in [6.45, 7) is 0. The molecule has 0 aromatic heterocycles. The molecule has 8 saturated carbocycles. The van der Waals surface area contributed by atoms with E-state index in [0.29, 0.717) is 9.49 Å². The van der Waals surface area contributed by atoms with E-state index < -0.39 is 10.8 Å². The zero-order valence-electron chi connectivity index (χ0n) is 12.1. The van der Waals surface area contributed by atoms with Gasteiger partial charge < -0.3 is 0 Å². The highest BCUT2D eigenvalue weighted by Crippen LogP contribution is 2.84. The molecule has 0 atom stereocenters. The van der Waals surface area contributed by atoms with Gasteiger partial charge in [0.25, 0.3) is 0 Å². The molecule has 2 spiro atoms. The Kier molecular flexibility index (Phi) is 1.53. The highest BCUT2D eigenvalue weighted by atomic mass is 32.2. The molecule has 9 fully saturated rings. The van der Waals surface area contributed by atoms with Crippen molar-refractivity contribution >= 4 is 10.8 Å². The standard InChI is InChI=1S/C18H24OS/c19-20-17(13-1-9-2-14(17)4-10(9)3-13)18(20)15-5-11-6-16(18)8-12(11)7-15/h9-16H,1-8H2. The van der Waals surface area contributed by atoms with Crippen LogP contribution in [0.1, 0.15) is 51.4 Å². The van der Waals surface area contributed by atoms with Crippen LogP contribution in [0, 0.1) is 47.3 Å². The Hall–Kier alpha value is 0.150. The lowest BCUT2D eigenvalue weighted by Crippen LogP contribution is -2.50. The molecule has 0 aromatic carbocycles. The molecule has 0 unspecified atom stereocenters. The van der Waals surface area contributed by atoms with Gasteiger partial charge in [0.15, 0.2) is 0 Å². The van der Waals surface area contributed by atoms with Gasteiger partial charge in [0.1, 0.15) is 0 Å². The summed E-state index contributed by atoms with van der Waals surface area (Å²) in [7, 11) is -0.442. The minimum atomic E-state index is -0.442. The summed E-state index contributed by atoms with van der Waals surface area (Å²) in [6, 6.07) is 0. The fourth-order valence-corrected chi connectivity index (χ4v) is 13.0. The molecular weight excluding hydrogens is 264 g/mol. The van der Waals surface area contributed by atoms with Crippen LogP contribution in [0.5, 0.6) is 0 Å². The lowest BCUT2D eigenvalue weighted by molar-refractivity contribution is 0.100. The normalized spacial score (nSPS) is 77.5. The van der Waals surface area contributed by atoms with Gasteiger partial charge in [-0.2, -0.15) is 0 Å². The Morgan fingerprint density at radius 3 is 1.05 bits per heavy atom. The predicted molar refractivity (Wildman–Crippen MR) is 78.5 cm³/mol. The molecule has 1 aliphatic heterocycles. The molecule has 1 nitrogen and oxygen atoms in total. The maximum absolute atomic E-state index is 13.5. The van der Waals surface area contributed by atoms with E-state index >= 15 is 0 Å². The van der Waals surface area contributed by atoms with Gasteiger partial charge in [-0.1, -0.05) is 0 Å². The van der Waals surface area contributed by atoms with E-state index in [1.807, 2.05) is 0 Å². The van der Waals surface area contributed by atoms with Gasteiger partial charge in [0.05, 0.1) is 9.49 Å². The highest BCUT2D eigenvalue weighted by molar-refractivity contribution is 7.96. The summed E-state index contributed by atoms with van der Waals surface area (Å²) in [5, 5.41) is 0. The third-order valence-corrected chi connectivity index (χ3v) is 12.7. The summed E-state index contributed by atoms with van der Waals surface area (Å²) < 4.78 is 14.3. The molecule has 9 aliphatic rings. The topological polar surface area (TPSA) is 17.1 Å². The molecule has 8 bridgehead atoms. The smallest absolute Gasteiger partial charge is 0.0698 e. The van der Waals surface area contributed by atoms with E-state index in [1.54, 1.807) is 0 Å². The van der Waals surface area contributed by atoms with Crippen LogP contribution in [0.4, 0.5) is 0 Å². The molecule has 108 valence electrons. The van der Waals surface area contributed by atoms with Gasteiger partial charge in [-0.25, -0.2) is 0 Å². The average molecular weight is 288 g/mol. The van der Waals surface area contributed by atoms with E-state index in [1.165, 1.54) is 51.4 Å². The minimum Gasteiger partial charge on any atom is -0.258 e. The maximum Gasteiger partial charge on any atom is 0.0698 e. The molecule has 1 saturated heterocycles. The summed E-state index contributed by atoms with van der Waals surface area (Å²) in [5.41, 5.74) is 0. The molecule has 2 heteroatoms. The van der Waals surface area contributed by atoms with Gasteiger partial charge >= 0.3 is 0 Å². The van der Waals surface area contributed by atoms with Crippen molar-refractivity contribution in [3.05, 3.63) is 0 Å². The Morgan fingerprint density at radius 1 is 0.550 bits per heavy atom. The zero-order valence-corrected chi connectivity index (χ0v) is 12.9. The van der Waals surface area contributed by atoms with E-state index in [9.17, 15) is 4.21 Å². The molecule has 20 heavy (non-hydrogen) atoms. The highest BCUT2D eigenvalue weighted by Gasteiger charge is 2.90. The molecule has 0 radical (unpaired) electrons. The lowest BCUT2D eigenvalue weighted by Gasteiger charge is -2.44. The first-order chi connectivity index (χ1) is 9.76. The van der Waals surface area contributed by atoms with Crippen LogP contribution >= 0.6 is 0 Å². The van der Waals surface area contributed by atoms with E-state index in [0.717, 1.165) is 47.3 Å². The van der Waals surface area contributed by atoms with Crippen molar-refractivity contribution < 1.29 is 4.21 Å². The van der Waals surface area contributed by atoms with Gasteiger partial charge in [-0.3, -0.25) is 4.21 Å². The second-order valence-corrected chi connectivity index (χ2v) is 11.5. The van der Waals surface area contributed by atoms with Crippen molar-refractivity contribution in [1.29, 1.82) is 0 Å². The van der Waals surface area contributed by atoms with E-state index in [2.05, 4.69) is 0 Å². The van der Waals surface area contributed by atoms with Gasteiger partial charge in [-0.05, 0) is 98.7 Å². The summed E-state index contributed by atoms with van der Waals surface area (Å²) in [5.74, 6) is 7.78. The largest absolute Gasteiger partial charge is 0.258 e. The summed E-state index contributed by atoms with van der Waals surface area (Å²) in [6.07, 6.45) is 11.8. The fraction of sp³-hybridized carbons (Fsp3) is 1.00. The Bertz CT molecular complexity index is 460. The van der Waals surface area contributed by atoms with Crippen LogP contribution in [0.2, 0.25) is 0 Å². The van der Waals surface area contributed by atoms with Crippen molar-refractivity contribution in [3.63, 3.8) is 0 Å². The summed E-state index contributed by atoms with van der Waals surface area (Å²) >= 11 is 0. The number of hydrogen-bond donors (Lipinski definition) is 0. The van der Waals surface area contributed by atoms with Crippen LogP contribution < -0.4 is 0 Å². The first-order valence-corrected chi connectivity index (χ1v) is 10.3. The van der Waals surface area contributed by atoms with Crippen molar-refractivity contribution in [1.82, 2.24) is 0 Å². The van der Waals surface area contributed by atoms with E-state index in [-0.39, 0.29) is 0 Å².